The van der Waals surface area contributed by atoms with Crippen LogP contribution in [0.25, 0.3) is 0 Å². The second-order valence-electron chi connectivity index (χ2n) is 12.2. The maximum absolute atomic E-state index is 14.8. The molecule has 0 aromatic heterocycles. The third kappa shape index (κ3) is 8.04. The van der Waals surface area contributed by atoms with Crippen molar-refractivity contribution in [1.82, 2.24) is 0 Å². The molecule has 0 saturated heterocycles. The van der Waals surface area contributed by atoms with Crippen molar-refractivity contribution in [3.05, 3.63) is 42.0 Å². The van der Waals surface area contributed by atoms with Crippen LogP contribution in [0.4, 0.5) is 8.78 Å². The summed E-state index contributed by atoms with van der Waals surface area (Å²) in [5, 5.41) is 0. The van der Waals surface area contributed by atoms with Crippen molar-refractivity contribution in [2.75, 3.05) is 13.2 Å². The number of rotatable bonds is 12. The first-order valence-corrected chi connectivity index (χ1v) is 15.4. The fourth-order valence-electron chi connectivity index (χ4n) is 7.24. The lowest BCUT2D eigenvalue weighted by molar-refractivity contribution is -0.00790. The van der Waals surface area contributed by atoms with E-state index in [0.29, 0.717) is 18.1 Å². The third-order valence-electron chi connectivity index (χ3n) is 9.74. The summed E-state index contributed by atoms with van der Waals surface area (Å²) in [5.74, 6) is 2.09. The number of benzene rings is 1. The molecule has 208 valence electrons. The van der Waals surface area contributed by atoms with Gasteiger partial charge in [0.1, 0.15) is 0 Å². The highest BCUT2D eigenvalue weighted by Crippen LogP contribution is 2.43. The Labute approximate surface area is 224 Å². The molecule has 0 radical (unpaired) electrons. The molecule has 0 atom stereocenters. The van der Waals surface area contributed by atoms with Gasteiger partial charge in [0.2, 0.25) is 5.82 Å². The highest BCUT2D eigenvalue weighted by molar-refractivity contribution is 5.33. The average molecular weight is 517 g/mol. The van der Waals surface area contributed by atoms with Gasteiger partial charge in [-0.1, -0.05) is 38.3 Å². The summed E-state index contributed by atoms with van der Waals surface area (Å²) < 4.78 is 41.1. The van der Waals surface area contributed by atoms with Gasteiger partial charge >= 0.3 is 0 Å². The minimum Gasteiger partial charge on any atom is -0.490 e. The van der Waals surface area contributed by atoms with Gasteiger partial charge in [-0.2, -0.15) is 4.39 Å². The van der Waals surface area contributed by atoms with Crippen LogP contribution in [0.1, 0.15) is 121 Å². The number of unbranched alkanes of at least 4 members (excludes halogenated alkanes) is 1. The Morgan fingerprint density at radius 3 is 2.11 bits per heavy atom. The van der Waals surface area contributed by atoms with Crippen LogP contribution in [0, 0.1) is 35.3 Å². The van der Waals surface area contributed by atoms with Crippen LogP contribution < -0.4 is 4.74 Å². The molecule has 0 aliphatic heterocycles. The molecule has 1 aromatic rings. The Morgan fingerprint density at radius 2 is 1.49 bits per heavy atom. The third-order valence-corrected chi connectivity index (χ3v) is 9.74. The molecule has 37 heavy (non-hydrogen) atoms. The first kappa shape index (κ1) is 28.6. The lowest BCUT2D eigenvalue weighted by atomic mass is 9.69. The molecule has 0 heterocycles. The quantitative estimate of drug-likeness (QED) is 0.203. The first-order chi connectivity index (χ1) is 18.1. The zero-order valence-corrected chi connectivity index (χ0v) is 23.2. The molecule has 3 aliphatic carbocycles. The normalized spacial score (nSPS) is 30.7. The minimum atomic E-state index is -0.830. The summed E-state index contributed by atoms with van der Waals surface area (Å²) in [4.78, 5) is 0. The summed E-state index contributed by atoms with van der Waals surface area (Å²) in [6, 6.07) is 3.34. The van der Waals surface area contributed by atoms with Crippen LogP contribution in [0.3, 0.4) is 0 Å². The van der Waals surface area contributed by atoms with Crippen molar-refractivity contribution < 1.29 is 18.3 Å². The maximum Gasteiger partial charge on any atom is 0.200 e. The summed E-state index contributed by atoms with van der Waals surface area (Å²) in [5.41, 5.74) is 0.506. The molecule has 3 aliphatic rings. The molecular formula is C33H50F2O2. The predicted octanol–water partition coefficient (Wildman–Crippen LogP) is 9.77. The van der Waals surface area contributed by atoms with E-state index in [-0.39, 0.29) is 17.8 Å². The number of hydrogen-bond acceptors (Lipinski definition) is 2. The SMILES string of the molecule is C=CCCC1CCC(C2CCC(COC3CCC(c4ccc(OCCCC)c(F)c4F)CC3)CC2)CC1. The Kier molecular flexibility index (Phi) is 11.3. The molecule has 3 fully saturated rings. The molecule has 0 amide bonds. The maximum atomic E-state index is 14.8. The largest absolute Gasteiger partial charge is 0.490 e. The Balaban J connectivity index is 1.13. The van der Waals surface area contributed by atoms with Gasteiger partial charge < -0.3 is 9.47 Å². The van der Waals surface area contributed by atoms with E-state index in [1.165, 1.54) is 64.2 Å². The van der Waals surface area contributed by atoms with Crippen molar-refractivity contribution in [2.24, 2.45) is 23.7 Å². The van der Waals surface area contributed by atoms with Gasteiger partial charge in [-0.05, 0) is 125 Å². The summed E-state index contributed by atoms with van der Waals surface area (Å²) >= 11 is 0. The van der Waals surface area contributed by atoms with Gasteiger partial charge in [-0.3, -0.25) is 0 Å². The van der Waals surface area contributed by atoms with Crippen molar-refractivity contribution in [3.8, 4) is 5.75 Å². The second kappa shape index (κ2) is 14.7. The van der Waals surface area contributed by atoms with E-state index in [0.717, 1.165) is 62.9 Å². The van der Waals surface area contributed by atoms with Crippen LogP contribution in [-0.4, -0.2) is 19.3 Å². The summed E-state index contributed by atoms with van der Waals surface area (Å²) in [6.07, 6.45) is 21.4. The van der Waals surface area contributed by atoms with Crippen molar-refractivity contribution in [3.63, 3.8) is 0 Å². The average Bonchev–Trinajstić information content (AvgIpc) is 2.94. The predicted molar refractivity (Wildman–Crippen MR) is 148 cm³/mol. The Hall–Kier alpha value is -1.42. The van der Waals surface area contributed by atoms with E-state index in [2.05, 4.69) is 12.7 Å². The zero-order valence-electron chi connectivity index (χ0n) is 23.2. The van der Waals surface area contributed by atoms with Crippen LogP contribution in [0.2, 0.25) is 0 Å². The number of hydrogen-bond donors (Lipinski definition) is 0. The fraction of sp³-hybridized carbons (Fsp3) is 0.758. The van der Waals surface area contributed by atoms with E-state index in [1.807, 2.05) is 6.92 Å². The molecule has 3 saturated carbocycles. The van der Waals surface area contributed by atoms with Crippen LogP contribution in [0.15, 0.2) is 24.8 Å². The van der Waals surface area contributed by atoms with Crippen LogP contribution in [0.5, 0.6) is 5.75 Å². The summed E-state index contributed by atoms with van der Waals surface area (Å²) in [6.45, 7) is 7.23. The highest BCUT2D eigenvalue weighted by Gasteiger charge is 2.32. The van der Waals surface area contributed by atoms with Gasteiger partial charge in [0, 0.05) is 6.61 Å². The molecule has 4 heteroatoms. The van der Waals surface area contributed by atoms with Gasteiger partial charge in [-0.15, -0.1) is 6.58 Å². The van der Waals surface area contributed by atoms with Crippen molar-refractivity contribution >= 4 is 0 Å². The summed E-state index contributed by atoms with van der Waals surface area (Å²) in [7, 11) is 0. The highest BCUT2D eigenvalue weighted by atomic mass is 19.2. The van der Waals surface area contributed by atoms with Gasteiger partial charge in [0.05, 0.1) is 12.7 Å². The topological polar surface area (TPSA) is 18.5 Å². The second-order valence-corrected chi connectivity index (χ2v) is 12.2. The number of halogens is 2. The van der Waals surface area contributed by atoms with Crippen molar-refractivity contribution in [1.29, 1.82) is 0 Å². The molecule has 1 aromatic carbocycles. The zero-order chi connectivity index (χ0) is 26.0. The lowest BCUT2D eigenvalue weighted by Gasteiger charge is -2.38. The molecular weight excluding hydrogens is 466 g/mol. The molecule has 4 rings (SSSR count). The molecule has 0 spiro atoms. The van der Waals surface area contributed by atoms with E-state index in [4.69, 9.17) is 9.47 Å². The van der Waals surface area contributed by atoms with Crippen LogP contribution >= 0.6 is 0 Å². The van der Waals surface area contributed by atoms with Crippen LogP contribution in [-0.2, 0) is 4.74 Å². The molecule has 0 bridgehead atoms. The van der Waals surface area contributed by atoms with E-state index in [1.54, 1.807) is 12.1 Å². The number of allylic oxidation sites excluding steroid dienone is 1. The standard InChI is InChI=1S/C33H50F2O2/c1-3-5-7-24-8-12-26(13-9-24)27-14-10-25(11-15-27)23-37-29-18-16-28(17-19-29)30-20-21-31(33(35)32(30)34)36-22-6-4-2/h3,20-21,24-29H,1,4-19,22-23H2,2H3. The Bertz CT molecular complexity index is 816. The van der Waals surface area contributed by atoms with E-state index < -0.39 is 11.6 Å². The fourth-order valence-corrected chi connectivity index (χ4v) is 7.24. The number of ether oxygens (including phenoxy) is 2. The Morgan fingerprint density at radius 1 is 0.838 bits per heavy atom. The van der Waals surface area contributed by atoms with E-state index in [9.17, 15) is 8.78 Å². The molecule has 0 N–H and O–H groups in total. The molecule has 0 unspecified atom stereocenters. The first-order valence-electron chi connectivity index (χ1n) is 15.4. The minimum absolute atomic E-state index is 0.0395. The van der Waals surface area contributed by atoms with Crippen molar-refractivity contribution in [2.45, 2.75) is 122 Å². The van der Waals surface area contributed by atoms with Gasteiger partial charge in [0.25, 0.3) is 0 Å². The monoisotopic (exact) mass is 516 g/mol. The van der Waals surface area contributed by atoms with Gasteiger partial charge in [0.15, 0.2) is 11.6 Å². The lowest BCUT2D eigenvalue weighted by Crippen LogP contribution is -2.29. The smallest absolute Gasteiger partial charge is 0.200 e. The van der Waals surface area contributed by atoms with E-state index >= 15 is 0 Å². The molecule has 2 nitrogen and oxygen atoms in total. The van der Waals surface area contributed by atoms with Gasteiger partial charge in [-0.25, -0.2) is 4.39 Å².